The lowest BCUT2D eigenvalue weighted by Gasteiger charge is -2.38. The summed E-state index contributed by atoms with van der Waals surface area (Å²) in [4.78, 5) is 10.8. The van der Waals surface area contributed by atoms with Gasteiger partial charge in [0.05, 0.1) is 23.9 Å². The average molecular weight is 2220 g/mol. The van der Waals surface area contributed by atoms with Crippen molar-refractivity contribution in [3.05, 3.63) is 24.3 Å². The Hall–Kier alpha value is -5.52. The first-order chi connectivity index (χ1) is 60.6. The summed E-state index contributed by atoms with van der Waals surface area (Å²) in [5, 5.41) is 19.2. The van der Waals surface area contributed by atoms with Crippen molar-refractivity contribution >= 4 is 5.78 Å². The molecule has 0 aromatic heterocycles. The van der Waals surface area contributed by atoms with Crippen LogP contribution in [-0.4, -0.2) is 219 Å². The fourth-order valence-corrected chi connectivity index (χ4v) is 14.2. The Balaban J connectivity index is 0.000000793. The van der Waals surface area contributed by atoms with Crippen LogP contribution in [0.3, 0.4) is 0 Å². The minimum absolute atomic E-state index is 0.0775. The monoisotopic (exact) mass is 2220 g/mol. The zero-order chi connectivity index (χ0) is 113. The first-order valence-electron chi connectivity index (χ1n) is 38.4. The van der Waals surface area contributed by atoms with Gasteiger partial charge in [-0.05, 0) is 151 Å². The molecule has 1 saturated heterocycles. The summed E-state index contributed by atoms with van der Waals surface area (Å²) < 4.78 is 796. The van der Waals surface area contributed by atoms with Crippen LogP contribution in [0, 0.1) is 47.3 Å². The molecule has 0 amide bonds. The van der Waals surface area contributed by atoms with Crippen LogP contribution in [0.15, 0.2) is 24.3 Å². The summed E-state index contributed by atoms with van der Waals surface area (Å²) in [6.07, 6.45) is -3.94. The van der Waals surface area contributed by atoms with E-state index in [4.69, 9.17) is 4.74 Å². The molecule has 0 radical (unpaired) electrons. The Morgan fingerprint density at radius 2 is 0.500 bits per heavy atom. The highest BCUT2D eigenvalue weighted by molar-refractivity contribution is 5.84. The first kappa shape index (κ1) is 132. The molecule has 10 aliphatic rings. The highest BCUT2D eigenvalue weighted by Gasteiger charge is 2.96. The van der Waals surface area contributed by atoms with Crippen molar-refractivity contribution in [1.29, 1.82) is 0 Å². The predicted octanol–water partition coefficient (Wildman–Crippen LogP) is 31.3. The summed E-state index contributed by atoms with van der Waals surface area (Å²) in [5.74, 6) is -174. The van der Waals surface area contributed by atoms with Crippen molar-refractivity contribution in [1.82, 2.24) is 0 Å². The third kappa shape index (κ3) is 24.7. The number of carbonyl (C=O) groups is 1. The number of aliphatic hydroxyl groups excluding tert-OH is 1. The van der Waals surface area contributed by atoms with Crippen molar-refractivity contribution in [2.75, 3.05) is 0 Å². The normalized spacial score (nSPS) is 25.6. The van der Waals surface area contributed by atoms with E-state index in [1.807, 2.05) is 0 Å². The molecule has 0 aromatic rings. The molecule has 2 N–H and O–H groups in total. The summed E-state index contributed by atoms with van der Waals surface area (Å²) in [6.45, 7) is -3.08. The first-order valence-corrected chi connectivity index (χ1v) is 38.4. The van der Waals surface area contributed by atoms with E-state index in [1.54, 1.807) is 0 Å². The Morgan fingerprint density at radius 3 is 0.593 bits per heavy atom. The van der Waals surface area contributed by atoms with E-state index in [9.17, 15) is 300 Å². The van der Waals surface area contributed by atoms with E-state index in [2.05, 4.69) is 31.2 Å². The molecule has 834 valence electrons. The maximum atomic E-state index is 12.5. The van der Waals surface area contributed by atoms with Crippen molar-refractivity contribution in [2.45, 2.75) is 360 Å². The molecule has 8 fully saturated rings. The minimum Gasteiger partial charge on any atom is -0.393 e. The lowest BCUT2D eigenvalue weighted by Crippen LogP contribution is -2.69. The molecule has 7 saturated carbocycles. The van der Waals surface area contributed by atoms with Crippen molar-refractivity contribution < 1.29 is 305 Å². The van der Waals surface area contributed by atoms with Crippen molar-refractivity contribution in [2.24, 2.45) is 47.3 Å². The second-order valence-electron chi connectivity index (χ2n) is 33.6. The number of ether oxygens (including phenoxy) is 1. The van der Waals surface area contributed by atoms with Gasteiger partial charge in [-0.1, -0.05) is 31.2 Å². The van der Waals surface area contributed by atoms with Crippen molar-refractivity contribution in [3.63, 3.8) is 0 Å². The highest BCUT2D eigenvalue weighted by Crippen LogP contribution is 2.68. The Morgan fingerprint density at radius 1 is 0.264 bits per heavy atom. The molecule has 2 aliphatic heterocycles. The van der Waals surface area contributed by atoms with Gasteiger partial charge in [0.2, 0.25) is 0 Å². The van der Waals surface area contributed by atoms with Gasteiger partial charge in [0, 0.05) is 47.0 Å². The fraction of sp³-hybridized carbons (Fsp3) is 0.930. The summed E-state index contributed by atoms with van der Waals surface area (Å²) in [6, 6.07) is 0. The van der Waals surface area contributed by atoms with E-state index in [0.717, 1.165) is 55.3 Å². The molecule has 140 heavy (non-hydrogen) atoms. The maximum Gasteiger partial charge on any atom is 0.460 e. The van der Waals surface area contributed by atoms with E-state index in [-0.39, 0.29) is 11.7 Å². The fourth-order valence-electron chi connectivity index (χ4n) is 14.2. The number of hydrogen-bond donors (Lipinski definition) is 2. The number of ketones is 1. The van der Waals surface area contributed by atoms with Gasteiger partial charge in [-0.3, -0.25) is 4.79 Å². The smallest absolute Gasteiger partial charge is 0.393 e. The van der Waals surface area contributed by atoms with Gasteiger partial charge in [-0.2, -0.15) is 285 Å². The van der Waals surface area contributed by atoms with Gasteiger partial charge in [-0.25, -0.2) is 0 Å². The standard InChI is InChI=1S/C9H16O.5C7H3F13.C7H12O.C7H10O.C7H10.C6H8O/c1-2-9(10)6-7-3-4-8(9)5-7;5*1-2(8,9)3(10,11)4(12,13)5(14,15)6(16,17)7(18,19)20;2*8-7-4-5-1-2-6(7)3-5;1-2-7-4-3-6(1)5-7;1-2-6-4-3-5(1)7-6/h7-8,10H,2-6H2,1H3;5*1H3;5-8H,1-4H2;5-6H,1-4H2;1-2,6-7H,3-5H2;1-2,5-6H,3-4H2. The Bertz CT molecular complexity index is 3380. The molecule has 69 heteroatoms. The number of halogens is 65. The molecule has 10 bridgehead atoms. The molecule has 8 aliphatic carbocycles. The number of Topliss-reactive ketones (excluding diaryl/α,β-unsaturated/α-hetero) is 1. The van der Waals surface area contributed by atoms with Gasteiger partial charge < -0.3 is 14.9 Å². The van der Waals surface area contributed by atoms with E-state index >= 15 is 0 Å². The van der Waals surface area contributed by atoms with Crippen LogP contribution in [0.2, 0.25) is 0 Å². The molecule has 0 aromatic carbocycles. The molecule has 0 spiro atoms. The molecule has 2 heterocycles. The third-order valence-corrected chi connectivity index (χ3v) is 23.0. The number of alkyl halides is 65. The largest absolute Gasteiger partial charge is 0.460 e. The minimum atomic E-state index is -7.80. The van der Waals surface area contributed by atoms with Gasteiger partial charge in [0.25, 0.3) is 0 Å². The van der Waals surface area contributed by atoms with E-state index in [0.29, 0.717) is 35.7 Å². The predicted molar refractivity (Wildman–Crippen MR) is 342 cm³/mol. The van der Waals surface area contributed by atoms with Crippen LogP contribution >= 0.6 is 0 Å². The second kappa shape index (κ2) is 40.8. The SMILES string of the molecule is C1=CC2CCC1C2.C1=CC2CCC1O2.CC(F)(F)C(F)(F)C(F)(F)C(F)(F)C(F)(F)C(F)(F)F.CC(F)(F)C(F)(F)C(F)(F)C(F)(F)C(F)(F)C(F)(F)F.CC(F)(F)C(F)(F)C(F)(F)C(F)(F)C(F)(F)C(F)(F)F.CC(F)(F)C(F)(F)C(F)(F)C(F)(F)C(F)(F)C(F)(F)F.CC(F)(F)C(F)(F)C(F)(F)C(F)(F)C(F)(F)C(F)(F)F.CCC1(O)CC2CCC1C2.O=C1CC2CCC1C2.OC1CC2CCC1C2. The quantitative estimate of drug-likeness (QED) is 0.0888. The van der Waals surface area contributed by atoms with Crippen LogP contribution in [0.25, 0.3) is 0 Å². The van der Waals surface area contributed by atoms with Crippen LogP contribution in [0.5, 0.6) is 0 Å². The summed E-state index contributed by atoms with van der Waals surface area (Å²) in [7, 11) is 0. The van der Waals surface area contributed by atoms with Crippen LogP contribution in [0.1, 0.15) is 157 Å². The Labute approximate surface area is 742 Å². The third-order valence-electron chi connectivity index (χ3n) is 23.0. The zero-order valence-corrected chi connectivity index (χ0v) is 69.7. The van der Waals surface area contributed by atoms with Crippen LogP contribution in [0.4, 0.5) is 285 Å². The highest BCUT2D eigenvalue weighted by atomic mass is 19.5. The molecule has 4 nitrogen and oxygen atoms in total. The lowest BCUT2D eigenvalue weighted by molar-refractivity contribution is -0.438. The van der Waals surface area contributed by atoms with Gasteiger partial charge in [0.1, 0.15) is 5.78 Å². The van der Waals surface area contributed by atoms with Gasteiger partial charge >= 0.3 is 179 Å². The summed E-state index contributed by atoms with van der Waals surface area (Å²) in [5.41, 5.74) is -0.247. The number of hydrogen-bond acceptors (Lipinski definition) is 4. The summed E-state index contributed by atoms with van der Waals surface area (Å²) >= 11 is 0. The average Bonchev–Trinajstić information content (AvgIpc) is 1.39. The van der Waals surface area contributed by atoms with Gasteiger partial charge in [0.15, 0.2) is 0 Å². The van der Waals surface area contributed by atoms with Gasteiger partial charge in [-0.15, -0.1) is 0 Å². The number of carbonyl (C=O) groups excluding carboxylic acids is 1. The second-order valence-corrected chi connectivity index (χ2v) is 33.6. The number of allylic oxidation sites excluding steroid dienone is 2. The van der Waals surface area contributed by atoms with E-state index < -0.39 is 214 Å². The lowest BCUT2D eigenvalue weighted by atomic mass is 9.82. The maximum absolute atomic E-state index is 12.5. The number of aliphatic hydroxyl groups is 2. The molecular weight excluding hydrogens is 2150 g/mol. The molecule has 10 rings (SSSR count). The Kier molecular flexibility index (Phi) is 38.7. The number of rotatable bonds is 21. The van der Waals surface area contributed by atoms with E-state index in [1.165, 1.54) is 89.9 Å². The molecule has 12 atom stereocenters. The topological polar surface area (TPSA) is 66.8 Å². The zero-order valence-electron chi connectivity index (χ0n) is 69.7. The van der Waals surface area contributed by atoms with Crippen LogP contribution in [-0.2, 0) is 9.53 Å². The number of fused-ring (bicyclic) bond motifs is 10. The van der Waals surface area contributed by atoms with Crippen molar-refractivity contribution in [3.8, 4) is 0 Å². The molecular formula is C71H71F65O4. The van der Waals surface area contributed by atoms with Crippen LogP contribution < -0.4 is 0 Å². The molecule has 12 unspecified atom stereocenters.